The fourth-order valence-corrected chi connectivity index (χ4v) is 4.60. The Morgan fingerprint density at radius 2 is 1.96 bits per heavy atom. The topological polar surface area (TPSA) is 101 Å². The number of piperidine rings is 1. The van der Waals surface area contributed by atoms with Gasteiger partial charge in [-0.15, -0.1) is 0 Å². The number of nitrogens with zero attached hydrogens (tertiary/aromatic N) is 3. The first-order valence-corrected chi connectivity index (χ1v) is 10.7. The van der Waals surface area contributed by atoms with Crippen LogP contribution >= 0.6 is 0 Å². The van der Waals surface area contributed by atoms with Crippen LogP contribution in [0.15, 0.2) is 41.8 Å². The Hall–Kier alpha value is -2.52. The maximum atomic E-state index is 12.7. The monoisotopic (exact) mass is 404 g/mol. The summed E-state index contributed by atoms with van der Waals surface area (Å²) in [5, 5.41) is 2.87. The lowest BCUT2D eigenvalue weighted by Gasteiger charge is -2.29. The van der Waals surface area contributed by atoms with Gasteiger partial charge >= 0.3 is 0 Å². The number of ketones is 1. The quantitative estimate of drug-likeness (QED) is 0.744. The van der Waals surface area contributed by atoms with Crippen molar-refractivity contribution in [1.29, 1.82) is 0 Å². The molecule has 0 unspecified atom stereocenters. The van der Waals surface area contributed by atoms with Gasteiger partial charge in [0.15, 0.2) is 10.8 Å². The van der Waals surface area contributed by atoms with Crippen molar-refractivity contribution in [3.63, 3.8) is 0 Å². The van der Waals surface area contributed by atoms with Crippen molar-refractivity contribution in [2.45, 2.75) is 38.3 Å². The zero-order valence-corrected chi connectivity index (χ0v) is 16.8. The van der Waals surface area contributed by atoms with Gasteiger partial charge < -0.3 is 9.88 Å². The lowest BCUT2D eigenvalue weighted by molar-refractivity contribution is -0.120. The van der Waals surface area contributed by atoms with Gasteiger partial charge in [0.2, 0.25) is 5.91 Å². The molecule has 2 aromatic rings. The second-order valence-corrected chi connectivity index (χ2v) is 8.73. The third-order valence-electron chi connectivity index (χ3n) is 4.94. The zero-order chi connectivity index (χ0) is 20.3. The van der Waals surface area contributed by atoms with Crippen LogP contribution in [0.5, 0.6) is 0 Å². The van der Waals surface area contributed by atoms with E-state index in [1.54, 1.807) is 28.8 Å². The van der Waals surface area contributed by atoms with Gasteiger partial charge in [-0.25, -0.2) is 13.4 Å². The number of hydrogen-bond donors (Lipinski definition) is 1. The van der Waals surface area contributed by atoms with E-state index in [2.05, 4.69) is 10.3 Å². The Balaban J connectivity index is 1.61. The van der Waals surface area contributed by atoms with Crippen molar-refractivity contribution in [2.75, 3.05) is 18.4 Å². The van der Waals surface area contributed by atoms with E-state index in [-0.39, 0.29) is 35.7 Å². The molecule has 1 aromatic heterocycles. The molecule has 1 saturated heterocycles. The van der Waals surface area contributed by atoms with Crippen molar-refractivity contribution in [3.8, 4) is 0 Å². The highest BCUT2D eigenvalue weighted by molar-refractivity contribution is 7.89. The minimum atomic E-state index is -3.64. The maximum absolute atomic E-state index is 12.7. The minimum Gasteiger partial charge on any atom is -0.336 e. The minimum absolute atomic E-state index is 0.0401. The van der Waals surface area contributed by atoms with Gasteiger partial charge in [0.25, 0.3) is 10.0 Å². The number of benzene rings is 1. The molecule has 1 fully saturated rings. The number of rotatable bonds is 6. The van der Waals surface area contributed by atoms with Gasteiger partial charge in [0.05, 0.1) is 6.33 Å². The summed E-state index contributed by atoms with van der Waals surface area (Å²) in [4.78, 5) is 28.0. The summed E-state index contributed by atoms with van der Waals surface area (Å²) in [5.41, 5.74) is 1.10. The van der Waals surface area contributed by atoms with E-state index in [0.717, 1.165) is 0 Å². The van der Waals surface area contributed by atoms with Crippen LogP contribution in [-0.2, 0) is 21.4 Å². The molecular formula is C19H24N4O4S. The van der Waals surface area contributed by atoms with Crippen molar-refractivity contribution < 1.29 is 18.0 Å². The number of carbonyl (C=O) groups is 2. The molecule has 1 aromatic carbocycles. The lowest BCUT2D eigenvalue weighted by Crippen LogP contribution is -2.41. The smallest absolute Gasteiger partial charge is 0.262 e. The molecule has 8 nitrogen and oxygen atoms in total. The Labute approximate surface area is 164 Å². The number of imidazole rings is 1. The predicted molar refractivity (Wildman–Crippen MR) is 104 cm³/mol. The first-order valence-electron chi connectivity index (χ1n) is 9.25. The predicted octanol–water partition coefficient (Wildman–Crippen LogP) is 2.14. The van der Waals surface area contributed by atoms with E-state index in [9.17, 15) is 18.0 Å². The number of nitrogens with one attached hydrogen (secondary N) is 1. The zero-order valence-electron chi connectivity index (χ0n) is 16.0. The van der Waals surface area contributed by atoms with E-state index >= 15 is 0 Å². The Morgan fingerprint density at radius 1 is 1.25 bits per heavy atom. The largest absolute Gasteiger partial charge is 0.336 e. The fraction of sp³-hybridized carbons (Fsp3) is 0.421. The second kappa shape index (κ2) is 8.24. The first kappa shape index (κ1) is 20.2. The Kier molecular flexibility index (Phi) is 5.95. The average molecular weight is 404 g/mol. The van der Waals surface area contributed by atoms with Gasteiger partial charge in [0.1, 0.15) is 0 Å². The molecule has 150 valence electrons. The molecule has 28 heavy (non-hydrogen) atoms. The molecular weight excluding hydrogens is 380 g/mol. The second-order valence-electron chi connectivity index (χ2n) is 6.85. The highest BCUT2D eigenvalue weighted by atomic mass is 32.2. The fourth-order valence-electron chi connectivity index (χ4n) is 3.20. The number of amides is 1. The number of sulfonamides is 1. The highest BCUT2D eigenvalue weighted by Gasteiger charge is 2.33. The summed E-state index contributed by atoms with van der Waals surface area (Å²) in [5.74, 6) is -0.506. The summed E-state index contributed by atoms with van der Waals surface area (Å²) >= 11 is 0. The van der Waals surface area contributed by atoms with Gasteiger partial charge in [-0.3, -0.25) is 9.59 Å². The van der Waals surface area contributed by atoms with Crippen molar-refractivity contribution in [3.05, 3.63) is 42.4 Å². The van der Waals surface area contributed by atoms with Gasteiger partial charge in [-0.1, -0.05) is 12.1 Å². The van der Waals surface area contributed by atoms with Crippen LogP contribution in [0, 0.1) is 5.92 Å². The van der Waals surface area contributed by atoms with Crippen molar-refractivity contribution in [1.82, 2.24) is 13.9 Å². The molecule has 9 heteroatoms. The standard InChI is InChI=1S/C19H24N4O4S/c1-3-22-12-18(20-13-22)28(26,27)23-9-7-15(8-10-23)19(25)21-17-6-4-5-16(11-17)14(2)24/h4-6,11-13,15H,3,7-10H2,1-2H3,(H,21,25). The van der Waals surface area contributed by atoms with Gasteiger partial charge in [0, 0.05) is 43.0 Å². The van der Waals surface area contributed by atoms with Crippen LogP contribution in [0.2, 0.25) is 0 Å². The highest BCUT2D eigenvalue weighted by Crippen LogP contribution is 2.24. The summed E-state index contributed by atoms with van der Waals surface area (Å²) in [7, 11) is -3.64. The summed E-state index contributed by atoms with van der Waals surface area (Å²) in [6.07, 6.45) is 3.90. The van der Waals surface area contributed by atoms with Crippen LogP contribution in [0.3, 0.4) is 0 Å². The first-order chi connectivity index (χ1) is 13.3. The van der Waals surface area contributed by atoms with Gasteiger partial charge in [-0.05, 0) is 38.8 Å². The number of hydrogen-bond acceptors (Lipinski definition) is 5. The lowest BCUT2D eigenvalue weighted by atomic mass is 9.97. The maximum Gasteiger partial charge on any atom is 0.262 e. The number of anilines is 1. The molecule has 1 aliphatic heterocycles. The number of carbonyl (C=O) groups excluding carboxylic acids is 2. The molecule has 2 heterocycles. The van der Waals surface area contributed by atoms with E-state index in [0.29, 0.717) is 30.6 Å². The molecule has 0 radical (unpaired) electrons. The van der Waals surface area contributed by atoms with Crippen molar-refractivity contribution in [2.24, 2.45) is 5.92 Å². The molecule has 0 atom stereocenters. The van der Waals surface area contributed by atoms with E-state index < -0.39 is 10.0 Å². The molecule has 3 rings (SSSR count). The van der Waals surface area contributed by atoms with E-state index in [1.165, 1.54) is 23.8 Å². The molecule has 0 spiro atoms. The SMILES string of the molecule is CCn1cnc(S(=O)(=O)N2CCC(C(=O)Nc3cccc(C(C)=O)c3)CC2)c1. The van der Waals surface area contributed by atoms with Gasteiger partial charge in [-0.2, -0.15) is 4.31 Å². The molecule has 1 amide bonds. The molecule has 0 saturated carbocycles. The third kappa shape index (κ3) is 4.31. The Morgan fingerprint density at radius 3 is 2.57 bits per heavy atom. The van der Waals surface area contributed by atoms with Crippen LogP contribution in [-0.4, -0.2) is 47.1 Å². The normalized spacial score (nSPS) is 16.1. The van der Waals surface area contributed by atoms with E-state index in [1.807, 2.05) is 6.92 Å². The van der Waals surface area contributed by atoms with Crippen LogP contribution in [0.25, 0.3) is 0 Å². The number of aromatic nitrogens is 2. The van der Waals surface area contributed by atoms with E-state index in [4.69, 9.17) is 0 Å². The summed E-state index contributed by atoms with van der Waals surface area (Å²) in [6.45, 7) is 4.57. The van der Waals surface area contributed by atoms with Crippen LogP contribution in [0.1, 0.15) is 37.0 Å². The third-order valence-corrected chi connectivity index (χ3v) is 6.72. The summed E-state index contributed by atoms with van der Waals surface area (Å²) in [6, 6.07) is 6.79. The number of aryl methyl sites for hydroxylation is 1. The van der Waals surface area contributed by atoms with Crippen LogP contribution in [0.4, 0.5) is 5.69 Å². The molecule has 0 aliphatic carbocycles. The summed E-state index contributed by atoms with van der Waals surface area (Å²) < 4.78 is 28.5. The molecule has 1 N–H and O–H groups in total. The molecule has 0 bridgehead atoms. The Bertz CT molecular complexity index is 975. The van der Waals surface area contributed by atoms with Crippen LogP contribution < -0.4 is 5.32 Å². The van der Waals surface area contributed by atoms with Crippen molar-refractivity contribution >= 4 is 27.4 Å². The average Bonchev–Trinajstić information content (AvgIpc) is 3.18. The molecule has 1 aliphatic rings. The number of Topliss-reactive ketones (excluding diaryl/α,β-unsaturated/α-hetero) is 1.